The molecule has 0 radical (unpaired) electrons. The minimum atomic E-state index is -1.01. The molecule has 11 heteroatoms. The van der Waals surface area contributed by atoms with E-state index in [-0.39, 0.29) is 95.5 Å². The molecule has 0 unspecified atom stereocenters. The smallest absolute Gasteiger partial charge is 0.872 e. The van der Waals surface area contributed by atoms with Gasteiger partial charge in [0.25, 0.3) is 0 Å². The van der Waals surface area contributed by atoms with Crippen molar-refractivity contribution in [2.24, 2.45) is 0 Å². The Kier molecular flexibility index (Phi) is 14.0. The third kappa shape index (κ3) is 7.29. The van der Waals surface area contributed by atoms with Crippen LogP contribution in [0.4, 0.5) is 0 Å². The molecule has 0 aliphatic heterocycles. The van der Waals surface area contributed by atoms with E-state index in [9.17, 15) is 15.0 Å². The molecule has 0 aliphatic carbocycles. The Morgan fingerprint density at radius 3 is 1.42 bits per heavy atom. The summed E-state index contributed by atoms with van der Waals surface area (Å²) in [4.78, 5) is 10.2. The molecule has 0 amide bonds. The van der Waals surface area contributed by atoms with Crippen molar-refractivity contribution >= 4 is 64.0 Å². The van der Waals surface area contributed by atoms with E-state index in [1.807, 2.05) is 0 Å². The zero-order chi connectivity index (χ0) is 17.0. The molecule has 24 heavy (non-hydrogen) atoms. The molecule has 0 saturated heterocycles. The molecule has 0 atom stereocenters. The van der Waals surface area contributed by atoms with Crippen LogP contribution in [0.15, 0.2) is 24.3 Å². The molecule has 2 aromatic rings. The van der Waals surface area contributed by atoms with E-state index in [0.717, 1.165) is 0 Å². The number of halogens is 5. The third-order valence-corrected chi connectivity index (χ3v) is 4.51. The van der Waals surface area contributed by atoms with E-state index in [1.54, 1.807) is 0 Å². The van der Waals surface area contributed by atoms with Gasteiger partial charge in [0, 0.05) is 0 Å². The van der Waals surface area contributed by atoms with Gasteiger partial charge in [-0.05, 0) is 12.1 Å². The van der Waals surface area contributed by atoms with E-state index in [2.05, 4.69) is 0 Å². The average molecular weight is 448 g/mol. The van der Waals surface area contributed by atoms with Gasteiger partial charge >= 0.3 is 65.1 Å². The Labute approximate surface area is 207 Å². The molecule has 118 valence electrons. The van der Waals surface area contributed by atoms with Crippen LogP contribution in [0.2, 0.25) is 25.1 Å². The van der Waals surface area contributed by atoms with Crippen molar-refractivity contribution < 1.29 is 79.2 Å². The van der Waals surface area contributed by atoms with E-state index < -0.39 is 11.7 Å². The van der Waals surface area contributed by atoms with Crippen molar-refractivity contribution in [3.05, 3.63) is 54.9 Å². The van der Waals surface area contributed by atoms with Crippen LogP contribution < -0.4 is 69.3 Å². The summed E-state index contributed by atoms with van der Waals surface area (Å²) in [5, 5.41) is 29.3. The maximum absolute atomic E-state index is 11.1. The van der Waals surface area contributed by atoms with Gasteiger partial charge in [0.05, 0.1) is 30.7 Å². The zero-order valence-electron chi connectivity index (χ0n) is 12.4. The number of carboxylic acid groups (broad SMARTS) is 1. The van der Waals surface area contributed by atoms with Crippen LogP contribution in [0, 0.1) is 0 Å². The van der Waals surface area contributed by atoms with Gasteiger partial charge in [0.15, 0.2) is 0 Å². The fraction of sp³-hybridized carbons (Fsp3) is 0. The van der Waals surface area contributed by atoms with Gasteiger partial charge in [-0.25, -0.2) is 4.79 Å². The first-order valence-corrected chi connectivity index (χ1v) is 7.24. The number of hydrogen-bond acceptors (Lipinski definition) is 3. The molecule has 1 N–H and O–H groups in total. The molecule has 0 aromatic heterocycles. The van der Waals surface area contributed by atoms with E-state index in [1.165, 1.54) is 24.3 Å². The number of carbonyl (C=O) groups is 1. The Bertz CT molecular complexity index is 606. The maximum atomic E-state index is 11.1. The normalized spacial score (nSPS) is 9.04. The van der Waals surface area contributed by atoms with Crippen LogP contribution in [-0.2, 0) is 0 Å². The molecule has 2 aromatic carbocycles. The number of rotatable bonds is 1. The van der Waals surface area contributed by atoms with Crippen molar-refractivity contribution in [2.45, 2.75) is 0 Å². The minimum Gasteiger partial charge on any atom is -0.872 e. The molecule has 0 aliphatic rings. The summed E-state index contributed by atoms with van der Waals surface area (Å²) in [7, 11) is 0. The monoisotopic (exact) mass is 446 g/mol. The SMILES string of the molecule is O=C(O)c1ccc([O-])cc1.[Na+].[Na+].[O-]c1c(Cl)c(Cl)c(Cl)c(Cl)c1Cl. The van der Waals surface area contributed by atoms with Gasteiger partial charge in [0.2, 0.25) is 0 Å². The van der Waals surface area contributed by atoms with Crippen LogP contribution in [0.1, 0.15) is 10.4 Å². The van der Waals surface area contributed by atoms with Crippen LogP contribution in [0.3, 0.4) is 0 Å². The van der Waals surface area contributed by atoms with Crippen molar-refractivity contribution in [1.82, 2.24) is 0 Å². The summed E-state index contributed by atoms with van der Waals surface area (Å²) >= 11 is 27.7. The van der Waals surface area contributed by atoms with Gasteiger partial charge in [-0.2, -0.15) is 0 Å². The van der Waals surface area contributed by atoms with Gasteiger partial charge in [-0.15, -0.1) is 5.75 Å². The van der Waals surface area contributed by atoms with Crippen LogP contribution in [0.5, 0.6) is 11.5 Å². The number of hydrogen-bond donors (Lipinski definition) is 1. The Morgan fingerprint density at radius 2 is 1.08 bits per heavy atom. The predicted molar refractivity (Wildman–Crippen MR) is 83.8 cm³/mol. The van der Waals surface area contributed by atoms with Crippen molar-refractivity contribution in [3.63, 3.8) is 0 Å². The Morgan fingerprint density at radius 1 is 0.750 bits per heavy atom. The Hall–Kier alpha value is 0.960. The van der Waals surface area contributed by atoms with Crippen LogP contribution in [0.25, 0.3) is 0 Å². The molecule has 0 bridgehead atoms. The first-order chi connectivity index (χ1) is 10.2. The topological polar surface area (TPSA) is 83.4 Å². The standard InChI is InChI=1S/C7H6O3.C6HCl5O.2Na/c8-6-3-1-5(2-4-6)7(9)10;7-1-2(8)4(10)6(12)5(11)3(1)9;;/h1-4,8H,(H,9,10);12H;;/q;;2*+1/p-2. The van der Waals surface area contributed by atoms with Crippen LogP contribution >= 0.6 is 58.0 Å². The molecular weight excluding hydrogens is 443 g/mol. The number of carboxylic acids is 1. The van der Waals surface area contributed by atoms with Gasteiger partial charge in [0.1, 0.15) is 0 Å². The second kappa shape index (κ2) is 12.4. The summed E-state index contributed by atoms with van der Waals surface area (Å²) in [5.41, 5.74) is 0.139. The first-order valence-electron chi connectivity index (χ1n) is 5.35. The summed E-state index contributed by atoms with van der Waals surface area (Å²) in [5.74, 6) is -1.80. The molecule has 0 fully saturated rings. The van der Waals surface area contributed by atoms with E-state index in [4.69, 9.17) is 63.1 Å². The second-order valence-electron chi connectivity index (χ2n) is 3.73. The first kappa shape index (κ1) is 27.2. The van der Waals surface area contributed by atoms with Gasteiger partial charge in [-0.1, -0.05) is 75.9 Å². The molecule has 2 rings (SSSR count). The number of aromatic carboxylic acids is 1. The fourth-order valence-electron chi connectivity index (χ4n) is 1.18. The van der Waals surface area contributed by atoms with Crippen molar-refractivity contribution in [3.8, 4) is 11.5 Å². The van der Waals surface area contributed by atoms with Gasteiger partial charge < -0.3 is 15.3 Å². The zero-order valence-corrected chi connectivity index (χ0v) is 20.2. The molecule has 4 nitrogen and oxygen atoms in total. The minimum absolute atomic E-state index is 0. The summed E-state index contributed by atoms with van der Waals surface area (Å²) in [6.07, 6.45) is 0. The Balaban J connectivity index is 0. The van der Waals surface area contributed by atoms with E-state index in [0.29, 0.717) is 0 Å². The maximum Gasteiger partial charge on any atom is 1.00 e. The predicted octanol–water partition coefficient (Wildman–Crippen LogP) is -1.51. The third-order valence-electron chi connectivity index (χ3n) is 2.27. The molecule has 0 saturated carbocycles. The molecular formula is C13H5Cl5Na2O4. The largest absolute Gasteiger partial charge is 1.00 e. The quantitative estimate of drug-likeness (QED) is 0.327. The summed E-state index contributed by atoms with van der Waals surface area (Å²) in [6.45, 7) is 0. The van der Waals surface area contributed by atoms with Crippen LogP contribution in [-0.4, -0.2) is 11.1 Å². The van der Waals surface area contributed by atoms with Crippen molar-refractivity contribution in [2.75, 3.05) is 0 Å². The fourth-order valence-corrected chi connectivity index (χ4v) is 2.30. The summed E-state index contributed by atoms with van der Waals surface area (Å²) in [6, 6.07) is 5.02. The van der Waals surface area contributed by atoms with E-state index >= 15 is 0 Å². The summed E-state index contributed by atoms with van der Waals surface area (Å²) < 4.78 is 0. The number of benzene rings is 2. The second-order valence-corrected chi connectivity index (χ2v) is 5.62. The van der Waals surface area contributed by atoms with Crippen molar-refractivity contribution in [1.29, 1.82) is 0 Å². The van der Waals surface area contributed by atoms with Gasteiger partial charge in [-0.3, -0.25) is 0 Å². The molecule has 0 spiro atoms. The average Bonchev–Trinajstić information content (AvgIpc) is 2.50. The molecule has 0 heterocycles.